The molecule has 1 unspecified atom stereocenters. The normalized spacial score (nSPS) is 35.6. The SMILES string of the molecule is C#C[C@@]1(F)C(O)[C@@](F)(CO)O[C@H]1n1cc(F)c(N)nc1=S. The molecular formula is C11H10F3N3O3S. The third-order valence-electron chi connectivity index (χ3n) is 3.10. The van der Waals surface area contributed by atoms with E-state index in [-0.39, 0.29) is 0 Å². The van der Waals surface area contributed by atoms with Gasteiger partial charge in [0.2, 0.25) is 10.4 Å². The average Bonchev–Trinajstić information content (AvgIpc) is 2.66. The molecule has 6 nitrogen and oxygen atoms in total. The summed E-state index contributed by atoms with van der Waals surface area (Å²) in [5.41, 5.74) is 2.09. The molecule has 0 aromatic carbocycles. The van der Waals surface area contributed by atoms with Crippen molar-refractivity contribution in [2.45, 2.75) is 23.9 Å². The molecule has 0 bridgehead atoms. The number of rotatable bonds is 2. The molecule has 2 heterocycles. The van der Waals surface area contributed by atoms with Gasteiger partial charge in [-0.15, -0.1) is 6.42 Å². The highest BCUT2D eigenvalue weighted by Crippen LogP contribution is 2.47. The number of hydrogen-bond donors (Lipinski definition) is 3. The number of nitrogens with zero attached hydrogens (tertiary/aromatic N) is 2. The summed E-state index contributed by atoms with van der Waals surface area (Å²) < 4.78 is 47.0. The predicted molar refractivity (Wildman–Crippen MR) is 67.2 cm³/mol. The Morgan fingerprint density at radius 3 is 2.76 bits per heavy atom. The van der Waals surface area contributed by atoms with E-state index in [0.29, 0.717) is 10.8 Å². The molecule has 0 amide bonds. The van der Waals surface area contributed by atoms with Crippen molar-refractivity contribution in [3.8, 4) is 12.3 Å². The molecule has 21 heavy (non-hydrogen) atoms. The molecule has 1 fully saturated rings. The van der Waals surface area contributed by atoms with Crippen molar-refractivity contribution in [3.05, 3.63) is 16.8 Å². The summed E-state index contributed by atoms with van der Waals surface area (Å²) >= 11 is 4.76. The van der Waals surface area contributed by atoms with Gasteiger partial charge in [-0.25, -0.2) is 13.2 Å². The molecule has 1 saturated heterocycles. The largest absolute Gasteiger partial charge is 0.390 e. The number of nitrogens with two attached hydrogens (primary N) is 1. The zero-order valence-corrected chi connectivity index (χ0v) is 11.1. The van der Waals surface area contributed by atoms with Crippen LogP contribution in [0, 0.1) is 22.9 Å². The van der Waals surface area contributed by atoms with Crippen LogP contribution in [-0.4, -0.2) is 44.0 Å². The molecular weight excluding hydrogens is 311 g/mol. The van der Waals surface area contributed by atoms with Gasteiger partial charge in [0.15, 0.2) is 24.0 Å². The van der Waals surface area contributed by atoms with E-state index in [1.807, 2.05) is 0 Å². The van der Waals surface area contributed by atoms with Crippen molar-refractivity contribution < 1.29 is 28.1 Å². The summed E-state index contributed by atoms with van der Waals surface area (Å²) in [5, 5.41) is 18.6. The van der Waals surface area contributed by atoms with Crippen molar-refractivity contribution in [1.82, 2.24) is 9.55 Å². The van der Waals surface area contributed by atoms with Gasteiger partial charge in [-0.1, -0.05) is 5.92 Å². The highest BCUT2D eigenvalue weighted by molar-refractivity contribution is 7.71. The number of nitrogen functional groups attached to an aromatic ring is 1. The number of aromatic nitrogens is 2. The van der Waals surface area contributed by atoms with Gasteiger partial charge in [0.1, 0.15) is 6.61 Å². The number of aliphatic hydroxyl groups excluding tert-OH is 2. The second-order valence-electron chi connectivity index (χ2n) is 4.39. The fourth-order valence-electron chi connectivity index (χ4n) is 1.94. The molecule has 10 heteroatoms. The van der Waals surface area contributed by atoms with Crippen LogP contribution in [0.5, 0.6) is 0 Å². The fraction of sp³-hybridized carbons (Fsp3) is 0.455. The summed E-state index contributed by atoms with van der Waals surface area (Å²) in [5.74, 6) is -3.24. The van der Waals surface area contributed by atoms with Crippen molar-refractivity contribution in [2.75, 3.05) is 12.3 Å². The summed E-state index contributed by atoms with van der Waals surface area (Å²) in [4.78, 5) is 3.41. The molecule has 1 aromatic rings. The van der Waals surface area contributed by atoms with Gasteiger partial charge >= 0.3 is 0 Å². The van der Waals surface area contributed by atoms with E-state index in [1.165, 1.54) is 0 Å². The molecule has 0 saturated carbocycles. The van der Waals surface area contributed by atoms with Crippen molar-refractivity contribution >= 4 is 18.0 Å². The molecule has 114 valence electrons. The van der Waals surface area contributed by atoms with Crippen molar-refractivity contribution in [3.63, 3.8) is 0 Å². The Labute approximate surface area is 122 Å². The maximum atomic E-state index is 14.7. The smallest absolute Gasteiger partial charge is 0.264 e. The monoisotopic (exact) mass is 321 g/mol. The molecule has 0 aliphatic carbocycles. The van der Waals surface area contributed by atoms with Crippen LogP contribution in [0.4, 0.5) is 19.0 Å². The van der Waals surface area contributed by atoms with Gasteiger partial charge in [0.05, 0.1) is 0 Å². The standard InChI is InChI=1S/C11H10F3N3O3S/c1-2-10(13)7(19)11(14,4-18)20-8(10)17-3-5(12)6(15)16-9(17)21/h1,3,7-8,18-19H,4H2,(H2,15,16,21)/t7?,8-,10-,11-/m1/s1. The van der Waals surface area contributed by atoms with E-state index >= 15 is 0 Å². The van der Waals surface area contributed by atoms with Gasteiger partial charge in [-0.2, -0.15) is 4.98 Å². The average molecular weight is 321 g/mol. The van der Waals surface area contributed by atoms with E-state index in [9.17, 15) is 18.3 Å². The second kappa shape index (κ2) is 4.96. The number of alkyl halides is 2. The molecule has 1 aliphatic rings. The number of aliphatic hydroxyl groups is 2. The molecule has 4 atom stereocenters. The summed E-state index contributed by atoms with van der Waals surface area (Å²) in [7, 11) is 0. The first-order chi connectivity index (χ1) is 9.69. The zero-order chi connectivity index (χ0) is 16.0. The van der Waals surface area contributed by atoms with Gasteiger partial charge < -0.3 is 20.7 Å². The minimum absolute atomic E-state index is 0.439. The molecule has 2 rings (SSSR count). The Hall–Kier alpha value is -1.67. The highest BCUT2D eigenvalue weighted by atomic mass is 32.1. The molecule has 4 N–H and O–H groups in total. The van der Waals surface area contributed by atoms with Crippen LogP contribution >= 0.6 is 12.2 Å². The topological polar surface area (TPSA) is 93.5 Å². The van der Waals surface area contributed by atoms with E-state index in [2.05, 4.69) is 9.72 Å². The quantitative estimate of drug-likeness (QED) is 0.533. The van der Waals surface area contributed by atoms with E-state index < -0.39 is 46.9 Å². The number of ether oxygens (including phenoxy) is 1. The lowest BCUT2D eigenvalue weighted by Crippen LogP contribution is -2.47. The first kappa shape index (κ1) is 15.7. The van der Waals surface area contributed by atoms with Gasteiger partial charge in [0, 0.05) is 6.20 Å². The number of terminal acetylenes is 1. The van der Waals surface area contributed by atoms with E-state index in [1.54, 1.807) is 5.92 Å². The molecule has 0 spiro atoms. The van der Waals surface area contributed by atoms with Crippen LogP contribution in [0.3, 0.4) is 0 Å². The molecule has 0 radical (unpaired) electrons. The predicted octanol–water partition coefficient (Wildman–Crippen LogP) is 0.223. The number of hydrogen-bond acceptors (Lipinski definition) is 6. The Kier molecular flexibility index (Phi) is 3.71. The lowest BCUT2D eigenvalue weighted by Gasteiger charge is -2.24. The first-order valence-electron chi connectivity index (χ1n) is 5.56. The number of anilines is 1. The zero-order valence-electron chi connectivity index (χ0n) is 10.3. The summed E-state index contributed by atoms with van der Waals surface area (Å²) in [6.45, 7) is -1.36. The maximum Gasteiger partial charge on any atom is 0.264 e. The summed E-state index contributed by atoms with van der Waals surface area (Å²) in [6, 6.07) is 0. The Bertz CT molecular complexity index is 679. The van der Waals surface area contributed by atoms with Crippen molar-refractivity contribution in [1.29, 1.82) is 0 Å². The fourth-order valence-corrected chi connectivity index (χ4v) is 2.19. The van der Waals surface area contributed by atoms with Crippen LogP contribution in [-0.2, 0) is 4.74 Å². The minimum atomic E-state index is -3.17. The van der Waals surface area contributed by atoms with Crippen molar-refractivity contribution in [2.24, 2.45) is 0 Å². The Balaban J connectivity index is 2.61. The van der Waals surface area contributed by atoms with Gasteiger partial charge in [-0.05, 0) is 12.2 Å². The van der Waals surface area contributed by atoms with Crippen LogP contribution < -0.4 is 5.73 Å². The Morgan fingerprint density at radius 2 is 2.24 bits per heavy atom. The van der Waals surface area contributed by atoms with Gasteiger partial charge in [-0.3, -0.25) is 4.57 Å². The van der Waals surface area contributed by atoms with Crippen LogP contribution in [0.25, 0.3) is 0 Å². The molecule has 1 aliphatic heterocycles. The third kappa shape index (κ3) is 2.18. The lowest BCUT2D eigenvalue weighted by atomic mass is 9.96. The van der Waals surface area contributed by atoms with Crippen LogP contribution in [0.1, 0.15) is 6.23 Å². The lowest BCUT2D eigenvalue weighted by molar-refractivity contribution is -0.207. The van der Waals surface area contributed by atoms with Crippen LogP contribution in [0.2, 0.25) is 0 Å². The third-order valence-corrected chi connectivity index (χ3v) is 3.40. The second-order valence-corrected chi connectivity index (χ2v) is 4.76. The van der Waals surface area contributed by atoms with E-state index in [4.69, 9.17) is 29.5 Å². The Morgan fingerprint density at radius 1 is 1.62 bits per heavy atom. The molecule has 1 aromatic heterocycles. The van der Waals surface area contributed by atoms with Crippen LogP contribution in [0.15, 0.2) is 6.20 Å². The van der Waals surface area contributed by atoms with E-state index in [0.717, 1.165) is 0 Å². The van der Waals surface area contributed by atoms with Gasteiger partial charge in [0.25, 0.3) is 5.85 Å². The number of halogens is 3. The minimum Gasteiger partial charge on any atom is -0.390 e. The first-order valence-corrected chi connectivity index (χ1v) is 5.97. The summed E-state index contributed by atoms with van der Waals surface area (Å²) in [6.07, 6.45) is 1.07. The highest BCUT2D eigenvalue weighted by Gasteiger charge is 2.66. The maximum absolute atomic E-state index is 14.7.